The Hall–Kier alpha value is -3.35. The van der Waals surface area contributed by atoms with Gasteiger partial charge in [0.2, 0.25) is 0 Å². The molecule has 0 fully saturated rings. The van der Waals surface area contributed by atoms with Gasteiger partial charge in [-0.3, -0.25) is 10.1 Å². The number of carbonyl (C=O) groups is 1. The van der Waals surface area contributed by atoms with Crippen molar-refractivity contribution in [3.63, 3.8) is 0 Å². The molecule has 0 radical (unpaired) electrons. The van der Waals surface area contributed by atoms with Crippen LogP contribution in [0, 0.1) is 10.1 Å². The van der Waals surface area contributed by atoms with Crippen molar-refractivity contribution in [3.8, 4) is 5.75 Å². The van der Waals surface area contributed by atoms with Crippen LogP contribution in [0.15, 0.2) is 61.2 Å². The lowest BCUT2D eigenvalue weighted by molar-refractivity contribution is -0.384. The van der Waals surface area contributed by atoms with Crippen LogP contribution in [-0.2, 0) is 0 Å². The molecule has 7 heteroatoms. The smallest absolute Gasteiger partial charge is 0.323 e. The molecule has 7 nitrogen and oxygen atoms in total. The third-order valence-electron chi connectivity index (χ3n) is 2.79. The average molecular weight is 313 g/mol. The van der Waals surface area contributed by atoms with E-state index in [-0.39, 0.29) is 5.69 Å². The summed E-state index contributed by atoms with van der Waals surface area (Å²) >= 11 is 0. The highest BCUT2D eigenvalue weighted by Crippen LogP contribution is 2.18. The van der Waals surface area contributed by atoms with Crippen molar-refractivity contribution < 1.29 is 14.5 Å². The Kier molecular flexibility index (Phi) is 5.30. The van der Waals surface area contributed by atoms with Crippen LogP contribution in [0.25, 0.3) is 0 Å². The first-order valence-corrected chi connectivity index (χ1v) is 6.74. The van der Waals surface area contributed by atoms with E-state index in [2.05, 4.69) is 17.2 Å². The number of hydrogen-bond acceptors (Lipinski definition) is 4. The third-order valence-corrected chi connectivity index (χ3v) is 2.79. The molecule has 0 spiro atoms. The number of anilines is 2. The predicted octanol–water partition coefficient (Wildman–Crippen LogP) is 3.80. The van der Waals surface area contributed by atoms with Crippen molar-refractivity contribution in [1.29, 1.82) is 0 Å². The molecular formula is C16H15N3O4. The van der Waals surface area contributed by atoms with Crippen LogP contribution in [-0.4, -0.2) is 17.6 Å². The quantitative estimate of drug-likeness (QED) is 0.482. The summed E-state index contributed by atoms with van der Waals surface area (Å²) < 4.78 is 5.34. The maximum Gasteiger partial charge on any atom is 0.323 e. The second-order valence-corrected chi connectivity index (χ2v) is 4.51. The number of non-ortho nitro benzene ring substituents is 1. The van der Waals surface area contributed by atoms with Crippen LogP contribution < -0.4 is 15.4 Å². The molecule has 0 saturated heterocycles. The summed E-state index contributed by atoms with van der Waals surface area (Å²) in [7, 11) is 0. The van der Waals surface area contributed by atoms with Crippen molar-refractivity contribution in [2.24, 2.45) is 0 Å². The molecule has 0 aromatic heterocycles. The second-order valence-electron chi connectivity index (χ2n) is 4.51. The van der Waals surface area contributed by atoms with E-state index in [9.17, 15) is 14.9 Å². The van der Waals surface area contributed by atoms with Crippen LogP contribution in [0.3, 0.4) is 0 Å². The van der Waals surface area contributed by atoms with Crippen molar-refractivity contribution in [1.82, 2.24) is 0 Å². The highest BCUT2D eigenvalue weighted by Gasteiger charge is 2.08. The number of hydrogen-bond donors (Lipinski definition) is 2. The zero-order valence-corrected chi connectivity index (χ0v) is 12.2. The van der Waals surface area contributed by atoms with E-state index in [1.54, 1.807) is 36.4 Å². The predicted molar refractivity (Wildman–Crippen MR) is 87.9 cm³/mol. The monoisotopic (exact) mass is 313 g/mol. The molecule has 2 aromatic rings. The Morgan fingerprint density at radius 3 is 2.52 bits per heavy atom. The Bertz CT molecular complexity index is 714. The molecule has 0 saturated carbocycles. The summed E-state index contributed by atoms with van der Waals surface area (Å²) in [6.45, 7) is 3.96. The van der Waals surface area contributed by atoms with Gasteiger partial charge in [-0.25, -0.2) is 4.79 Å². The summed E-state index contributed by atoms with van der Waals surface area (Å²) in [5.41, 5.74) is 0.813. The number of carbonyl (C=O) groups excluding carboxylic acids is 1. The van der Waals surface area contributed by atoms with Crippen molar-refractivity contribution in [2.75, 3.05) is 17.2 Å². The number of rotatable bonds is 6. The van der Waals surface area contributed by atoms with Crippen molar-refractivity contribution in [2.45, 2.75) is 0 Å². The molecule has 0 aliphatic carbocycles. The van der Waals surface area contributed by atoms with Crippen LogP contribution in [0.1, 0.15) is 0 Å². The van der Waals surface area contributed by atoms with Gasteiger partial charge in [-0.15, -0.1) is 0 Å². The number of nitrogens with one attached hydrogen (secondary N) is 2. The first kappa shape index (κ1) is 16.0. The van der Waals surface area contributed by atoms with Crippen molar-refractivity contribution >= 4 is 23.1 Å². The molecule has 0 bridgehead atoms. The Morgan fingerprint density at radius 2 is 1.87 bits per heavy atom. The van der Waals surface area contributed by atoms with Gasteiger partial charge in [-0.1, -0.05) is 18.7 Å². The van der Waals surface area contributed by atoms with Gasteiger partial charge >= 0.3 is 6.03 Å². The van der Waals surface area contributed by atoms with E-state index in [1.807, 2.05) is 0 Å². The van der Waals surface area contributed by atoms with Gasteiger partial charge in [-0.05, 0) is 30.3 Å². The maximum absolute atomic E-state index is 11.9. The molecule has 2 N–H and O–H groups in total. The SMILES string of the molecule is C=CCOc1ccc(NC(=O)Nc2cccc([N+](=O)[O-])c2)cc1. The standard InChI is InChI=1S/C16H15N3O4/c1-2-10-23-15-8-6-12(7-9-15)17-16(20)18-13-4-3-5-14(11-13)19(21)22/h2-9,11H,1,10H2,(H2,17,18,20). The summed E-state index contributed by atoms with van der Waals surface area (Å²) in [4.78, 5) is 22.1. The molecule has 2 aromatic carbocycles. The number of nitrogens with zero attached hydrogens (tertiary/aromatic N) is 1. The topological polar surface area (TPSA) is 93.5 Å². The lowest BCUT2D eigenvalue weighted by atomic mass is 10.3. The Morgan fingerprint density at radius 1 is 1.17 bits per heavy atom. The number of urea groups is 1. The molecule has 23 heavy (non-hydrogen) atoms. The van der Waals surface area contributed by atoms with E-state index in [4.69, 9.17) is 4.74 Å². The largest absolute Gasteiger partial charge is 0.490 e. The fraction of sp³-hybridized carbons (Fsp3) is 0.0625. The first-order chi connectivity index (χ1) is 11.1. The lowest BCUT2D eigenvalue weighted by Gasteiger charge is -2.08. The van der Waals surface area contributed by atoms with Gasteiger partial charge in [0, 0.05) is 23.5 Å². The lowest BCUT2D eigenvalue weighted by Crippen LogP contribution is -2.19. The molecule has 2 rings (SSSR count). The molecule has 0 aliphatic heterocycles. The van der Waals surface area contributed by atoms with Gasteiger partial charge < -0.3 is 15.4 Å². The zero-order chi connectivity index (χ0) is 16.7. The molecule has 0 aliphatic rings. The van der Waals surface area contributed by atoms with Crippen molar-refractivity contribution in [3.05, 3.63) is 71.3 Å². The second kappa shape index (κ2) is 7.60. The molecule has 0 atom stereocenters. The van der Waals surface area contributed by atoms with Crippen LogP contribution in [0.5, 0.6) is 5.75 Å². The van der Waals surface area contributed by atoms with Gasteiger partial charge in [0.15, 0.2) is 0 Å². The molecule has 2 amide bonds. The average Bonchev–Trinajstić information content (AvgIpc) is 2.54. The van der Waals surface area contributed by atoms with E-state index in [0.717, 1.165) is 0 Å². The fourth-order valence-corrected chi connectivity index (χ4v) is 1.78. The minimum Gasteiger partial charge on any atom is -0.490 e. The van der Waals surface area contributed by atoms with Gasteiger partial charge in [0.25, 0.3) is 5.69 Å². The van der Waals surface area contributed by atoms with Crippen LogP contribution in [0.2, 0.25) is 0 Å². The maximum atomic E-state index is 11.9. The van der Waals surface area contributed by atoms with Gasteiger partial charge in [0.05, 0.1) is 4.92 Å². The zero-order valence-electron chi connectivity index (χ0n) is 12.2. The Labute approximate surface area is 132 Å². The molecule has 118 valence electrons. The van der Waals surface area contributed by atoms with E-state index in [1.165, 1.54) is 18.2 Å². The highest BCUT2D eigenvalue weighted by molar-refractivity contribution is 5.99. The summed E-state index contributed by atoms with van der Waals surface area (Å²) in [6.07, 6.45) is 1.64. The van der Waals surface area contributed by atoms with Crippen LogP contribution in [0.4, 0.5) is 21.9 Å². The molecular weight excluding hydrogens is 298 g/mol. The van der Waals surface area contributed by atoms with Crippen LogP contribution >= 0.6 is 0 Å². The Balaban J connectivity index is 1.95. The van der Waals surface area contributed by atoms with Gasteiger partial charge in [-0.2, -0.15) is 0 Å². The number of nitro benzene ring substituents is 1. The molecule has 0 heterocycles. The normalized spacial score (nSPS) is 9.74. The van der Waals surface area contributed by atoms with E-state index < -0.39 is 11.0 Å². The summed E-state index contributed by atoms with van der Waals surface area (Å²) in [5, 5.41) is 15.9. The highest BCUT2D eigenvalue weighted by atomic mass is 16.6. The minimum atomic E-state index is -0.523. The summed E-state index contributed by atoms with van der Waals surface area (Å²) in [6, 6.07) is 12.0. The number of benzene rings is 2. The number of ether oxygens (including phenoxy) is 1. The fourth-order valence-electron chi connectivity index (χ4n) is 1.78. The minimum absolute atomic E-state index is 0.0912. The summed E-state index contributed by atoms with van der Waals surface area (Å²) in [5.74, 6) is 0.662. The van der Waals surface area contributed by atoms with E-state index in [0.29, 0.717) is 23.7 Å². The number of amides is 2. The van der Waals surface area contributed by atoms with E-state index >= 15 is 0 Å². The number of nitro groups is 1. The van der Waals surface area contributed by atoms with Gasteiger partial charge in [0.1, 0.15) is 12.4 Å². The third kappa shape index (κ3) is 4.85. The first-order valence-electron chi connectivity index (χ1n) is 6.74. The molecule has 0 unspecified atom stereocenters.